The van der Waals surface area contributed by atoms with Gasteiger partial charge in [0.25, 0.3) is 5.91 Å². The zero-order valence-electron chi connectivity index (χ0n) is 11.9. The van der Waals surface area contributed by atoms with Crippen LogP contribution in [0.3, 0.4) is 0 Å². The van der Waals surface area contributed by atoms with E-state index in [1.807, 2.05) is 19.9 Å². The summed E-state index contributed by atoms with van der Waals surface area (Å²) < 4.78 is 5.61. The van der Waals surface area contributed by atoms with Crippen molar-refractivity contribution in [3.05, 3.63) is 35.7 Å². The molecule has 0 saturated carbocycles. The molecule has 0 fully saturated rings. The number of carbonyl (C=O) groups is 1. The van der Waals surface area contributed by atoms with Crippen LogP contribution in [0.1, 0.15) is 19.4 Å². The molecule has 3 N–H and O–H groups in total. The summed E-state index contributed by atoms with van der Waals surface area (Å²) in [5.41, 5.74) is 6.71. The molecule has 0 aromatic carbocycles. The molecule has 2 heterocycles. The lowest BCUT2D eigenvalue weighted by molar-refractivity contribution is -0.114. The normalized spacial score (nSPS) is 11.6. The molecule has 0 saturated heterocycles. The van der Waals surface area contributed by atoms with Crippen LogP contribution in [0.15, 0.2) is 30.1 Å². The Bertz CT molecular complexity index is 738. The van der Waals surface area contributed by atoms with E-state index in [-0.39, 0.29) is 11.7 Å². The maximum absolute atomic E-state index is 11.0. The van der Waals surface area contributed by atoms with Gasteiger partial charge >= 0.3 is 0 Å². The number of ether oxygens (including phenoxy) is 1. The third kappa shape index (κ3) is 3.39. The average molecular weight is 284 g/mol. The Morgan fingerprint density at radius 2 is 2.38 bits per heavy atom. The third-order valence-corrected chi connectivity index (χ3v) is 2.88. The van der Waals surface area contributed by atoms with Crippen molar-refractivity contribution in [2.75, 3.05) is 0 Å². The molecule has 6 nitrogen and oxygen atoms in total. The van der Waals surface area contributed by atoms with Gasteiger partial charge in [0.1, 0.15) is 23.0 Å². The van der Waals surface area contributed by atoms with Crippen molar-refractivity contribution < 1.29 is 9.53 Å². The number of allylic oxidation sites excluding steroid dienone is 1. The highest BCUT2D eigenvalue weighted by Crippen LogP contribution is 2.23. The van der Waals surface area contributed by atoms with Crippen molar-refractivity contribution in [1.29, 1.82) is 5.26 Å². The number of nitriles is 1. The Hall–Kier alpha value is -2.81. The lowest BCUT2D eigenvalue weighted by Crippen LogP contribution is -2.12. The average Bonchev–Trinajstić information content (AvgIpc) is 2.81. The number of hydrogen-bond donors (Lipinski definition) is 2. The minimum atomic E-state index is -0.723. The van der Waals surface area contributed by atoms with E-state index in [2.05, 4.69) is 9.97 Å². The van der Waals surface area contributed by atoms with Crippen LogP contribution in [-0.4, -0.2) is 22.0 Å². The lowest BCUT2D eigenvalue weighted by atomic mass is 10.1. The highest BCUT2D eigenvalue weighted by atomic mass is 16.5. The van der Waals surface area contributed by atoms with E-state index in [9.17, 15) is 4.79 Å². The van der Waals surface area contributed by atoms with E-state index in [4.69, 9.17) is 15.7 Å². The van der Waals surface area contributed by atoms with Crippen molar-refractivity contribution in [2.24, 2.45) is 5.73 Å². The number of aromatic nitrogens is 2. The summed E-state index contributed by atoms with van der Waals surface area (Å²) in [4.78, 5) is 18.3. The molecule has 0 aliphatic heterocycles. The first kappa shape index (κ1) is 14.6. The molecular formula is C15H16N4O2. The summed E-state index contributed by atoms with van der Waals surface area (Å²) in [5.74, 6) is -0.0444. The topological polar surface area (TPSA) is 105 Å². The molecule has 0 unspecified atom stereocenters. The van der Waals surface area contributed by atoms with Gasteiger partial charge in [-0.25, -0.2) is 4.98 Å². The van der Waals surface area contributed by atoms with Crippen molar-refractivity contribution >= 4 is 16.9 Å². The van der Waals surface area contributed by atoms with E-state index in [1.165, 1.54) is 6.08 Å². The van der Waals surface area contributed by atoms with Crippen molar-refractivity contribution in [3.8, 4) is 11.8 Å². The molecular weight excluding hydrogens is 268 g/mol. The molecule has 2 aromatic heterocycles. The quantitative estimate of drug-likeness (QED) is 0.645. The molecule has 6 heteroatoms. The monoisotopic (exact) mass is 284 g/mol. The van der Waals surface area contributed by atoms with E-state index in [0.717, 1.165) is 16.6 Å². The van der Waals surface area contributed by atoms with E-state index in [0.29, 0.717) is 12.2 Å². The molecule has 0 radical (unpaired) electrons. The summed E-state index contributed by atoms with van der Waals surface area (Å²) >= 11 is 0. The second kappa shape index (κ2) is 6.09. The summed E-state index contributed by atoms with van der Waals surface area (Å²) in [6.45, 7) is 3.88. The van der Waals surface area contributed by atoms with Gasteiger partial charge in [0.2, 0.25) is 0 Å². The first-order valence-corrected chi connectivity index (χ1v) is 6.54. The number of hydrogen-bond acceptors (Lipinski definition) is 4. The SMILES string of the molecule is CC(C)Oc1cnc2[nH]cc(C/C=C(\C#N)C(N)=O)c2c1. The van der Waals surface area contributed by atoms with Gasteiger partial charge in [0, 0.05) is 11.6 Å². The highest BCUT2D eigenvalue weighted by Gasteiger charge is 2.08. The standard InChI is InChI=1S/C15H16N4O2/c1-9(2)21-12-5-13-11(7-18-15(13)19-8-12)4-3-10(6-16)14(17)20/h3,5,7-9H,4H2,1-2H3,(H2,17,20)(H,18,19)/b10-3+. The third-order valence-electron chi connectivity index (χ3n) is 2.88. The molecule has 0 aliphatic carbocycles. The van der Waals surface area contributed by atoms with Crippen molar-refractivity contribution in [1.82, 2.24) is 9.97 Å². The molecule has 1 amide bonds. The molecule has 0 spiro atoms. The van der Waals surface area contributed by atoms with Crippen LogP contribution in [0.25, 0.3) is 11.0 Å². The predicted molar refractivity (Wildman–Crippen MR) is 78.5 cm³/mol. The van der Waals surface area contributed by atoms with Gasteiger partial charge in [-0.15, -0.1) is 0 Å². The molecule has 0 aliphatic rings. The minimum Gasteiger partial charge on any atom is -0.489 e. The first-order valence-electron chi connectivity index (χ1n) is 6.54. The zero-order chi connectivity index (χ0) is 15.4. The molecule has 2 rings (SSSR count). The molecule has 0 atom stereocenters. The van der Waals surface area contributed by atoms with Gasteiger partial charge in [0.15, 0.2) is 0 Å². The van der Waals surface area contributed by atoms with Gasteiger partial charge in [-0.05, 0) is 31.9 Å². The summed E-state index contributed by atoms with van der Waals surface area (Å²) in [5, 5.41) is 9.72. The van der Waals surface area contributed by atoms with Gasteiger partial charge in [-0.1, -0.05) is 6.08 Å². The second-order valence-corrected chi connectivity index (χ2v) is 4.85. The smallest absolute Gasteiger partial charge is 0.259 e. The van der Waals surface area contributed by atoms with Crippen molar-refractivity contribution in [3.63, 3.8) is 0 Å². The van der Waals surface area contributed by atoms with Crippen LogP contribution >= 0.6 is 0 Å². The number of carbonyl (C=O) groups excluding carboxylic acids is 1. The fourth-order valence-corrected chi connectivity index (χ4v) is 1.96. The Morgan fingerprint density at radius 1 is 1.62 bits per heavy atom. The number of pyridine rings is 1. The Balaban J connectivity index is 2.32. The molecule has 21 heavy (non-hydrogen) atoms. The Labute approximate surface area is 122 Å². The fraction of sp³-hybridized carbons (Fsp3) is 0.267. The molecule has 0 bridgehead atoms. The number of amides is 1. The van der Waals surface area contributed by atoms with Crippen molar-refractivity contribution in [2.45, 2.75) is 26.4 Å². The zero-order valence-corrected chi connectivity index (χ0v) is 11.9. The minimum absolute atomic E-state index is 0.0492. The summed E-state index contributed by atoms with van der Waals surface area (Å²) in [7, 11) is 0. The molecule has 108 valence electrons. The Kier molecular flexibility index (Phi) is 4.24. The van der Waals surface area contributed by atoms with Gasteiger partial charge in [0.05, 0.1) is 12.3 Å². The number of nitrogens with two attached hydrogens (primary N) is 1. The van der Waals surface area contributed by atoms with Crippen LogP contribution in [0.2, 0.25) is 0 Å². The van der Waals surface area contributed by atoms with Crippen LogP contribution in [0, 0.1) is 11.3 Å². The number of primary amides is 1. The van der Waals surface area contributed by atoms with Crippen LogP contribution in [0.4, 0.5) is 0 Å². The Morgan fingerprint density at radius 3 is 3.00 bits per heavy atom. The molecule has 2 aromatic rings. The summed E-state index contributed by atoms with van der Waals surface area (Å²) in [6.07, 6.45) is 5.44. The number of H-pyrrole nitrogens is 1. The number of rotatable bonds is 5. The highest BCUT2D eigenvalue weighted by molar-refractivity contribution is 5.96. The van der Waals surface area contributed by atoms with Gasteiger partial charge in [-0.3, -0.25) is 4.79 Å². The fourth-order valence-electron chi connectivity index (χ4n) is 1.96. The van der Waals surface area contributed by atoms with Crippen LogP contribution in [-0.2, 0) is 11.2 Å². The lowest BCUT2D eigenvalue weighted by Gasteiger charge is -2.09. The maximum atomic E-state index is 11.0. The van der Waals surface area contributed by atoms with Crippen LogP contribution < -0.4 is 10.5 Å². The number of fused-ring (bicyclic) bond motifs is 1. The maximum Gasteiger partial charge on any atom is 0.259 e. The summed E-state index contributed by atoms with van der Waals surface area (Å²) in [6, 6.07) is 3.67. The largest absolute Gasteiger partial charge is 0.489 e. The van der Waals surface area contributed by atoms with Gasteiger partial charge in [-0.2, -0.15) is 5.26 Å². The number of nitrogens with zero attached hydrogens (tertiary/aromatic N) is 2. The van der Waals surface area contributed by atoms with E-state index < -0.39 is 5.91 Å². The number of aromatic amines is 1. The predicted octanol–water partition coefficient (Wildman–Crippen LogP) is 1.83. The first-order chi connectivity index (χ1) is 10.0. The number of nitrogens with one attached hydrogen (secondary N) is 1. The van der Waals surface area contributed by atoms with E-state index >= 15 is 0 Å². The van der Waals surface area contributed by atoms with Gasteiger partial charge < -0.3 is 15.5 Å². The van der Waals surface area contributed by atoms with Crippen LogP contribution in [0.5, 0.6) is 5.75 Å². The van der Waals surface area contributed by atoms with E-state index in [1.54, 1.807) is 18.5 Å². The second-order valence-electron chi connectivity index (χ2n) is 4.85.